The Morgan fingerprint density at radius 2 is 2.29 bits per heavy atom. The van der Waals surface area contributed by atoms with Crippen molar-refractivity contribution in [2.24, 2.45) is 0 Å². The van der Waals surface area contributed by atoms with Gasteiger partial charge in [-0.15, -0.1) is 0 Å². The van der Waals surface area contributed by atoms with Gasteiger partial charge in [0.05, 0.1) is 7.11 Å². The number of hydrogen-bond acceptors (Lipinski definition) is 4. The van der Waals surface area contributed by atoms with Gasteiger partial charge in [-0.05, 0) is 0 Å². The molecule has 0 unspecified atom stereocenters. The second kappa shape index (κ2) is 3.42. The van der Waals surface area contributed by atoms with E-state index in [4.69, 9.17) is 0 Å². The number of ether oxygens (including phenoxy) is 1. The van der Waals surface area contributed by atoms with Gasteiger partial charge in [0.25, 0.3) is 0 Å². The van der Waals surface area contributed by atoms with E-state index < -0.39 is 6.16 Å². The van der Waals surface area contributed by atoms with Gasteiger partial charge in [-0.3, -0.25) is 0 Å². The molecule has 4 heteroatoms. The smallest absolute Gasteiger partial charge is 0.436 e. The second-order valence-corrected chi connectivity index (χ2v) is 0.760. The lowest BCUT2D eigenvalue weighted by Crippen LogP contribution is -2.14. The number of hydroxylamine groups is 1. The Morgan fingerprint density at radius 1 is 1.71 bits per heavy atom. The summed E-state index contributed by atoms with van der Waals surface area (Å²) in [6, 6.07) is 0. The monoisotopic (exact) mass is 105 g/mol. The average Bonchev–Trinajstić information content (AvgIpc) is 1.68. The Hall–Kier alpha value is -0.770. The van der Waals surface area contributed by atoms with Crippen LogP contribution in [0.5, 0.6) is 0 Å². The maximum atomic E-state index is 9.90. The molecule has 0 saturated heterocycles. The molecule has 1 N–H and O–H groups in total. The van der Waals surface area contributed by atoms with Crippen LogP contribution in [0.3, 0.4) is 0 Å². The molecule has 0 aliphatic rings. The van der Waals surface area contributed by atoms with Gasteiger partial charge in [0.2, 0.25) is 0 Å². The molecule has 0 aromatic rings. The van der Waals surface area contributed by atoms with Crippen molar-refractivity contribution in [3.8, 4) is 0 Å². The molecule has 0 rings (SSSR count). The number of rotatable bonds is 1. The zero-order valence-electron chi connectivity index (χ0n) is 4.22. The maximum absolute atomic E-state index is 9.90. The molecule has 42 valence electrons. The summed E-state index contributed by atoms with van der Waals surface area (Å²) < 4.78 is 4.07. The van der Waals surface area contributed by atoms with Crippen LogP contribution in [0.4, 0.5) is 4.79 Å². The number of methoxy groups -OCH3 is 1. The maximum Gasteiger partial charge on any atom is 0.527 e. The quantitative estimate of drug-likeness (QED) is 0.374. The van der Waals surface area contributed by atoms with E-state index in [1.165, 1.54) is 14.2 Å². The first kappa shape index (κ1) is 6.23. The normalized spacial score (nSPS) is 7.71. The molecule has 0 bridgehead atoms. The van der Waals surface area contributed by atoms with Crippen LogP contribution in [0.1, 0.15) is 0 Å². The van der Waals surface area contributed by atoms with E-state index in [0.717, 1.165) is 0 Å². The van der Waals surface area contributed by atoms with Crippen LogP contribution in [-0.4, -0.2) is 20.3 Å². The summed E-state index contributed by atoms with van der Waals surface area (Å²) in [7, 11) is 2.70. The van der Waals surface area contributed by atoms with Gasteiger partial charge in [0, 0.05) is 7.05 Å². The van der Waals surface area contributed by atoms with Gasteiger partial charge in [-0.1, -0.05) is 0 Å². The van der Waals surface area contributed by atoms with Crippen molar-refractivity contribution in [2.45, 2.75) is 0 Å². The van der Waals surface area contributed by atoms with Crippen LogP contribution in [0, 0.1) is 0 Å². The zero-order valence-corrected chi connectivity index (χ0v) is 4.22. The topological polar surface area (TPSA) is 47.6 Å². The van der Waals surface area contributed by atoms with Gasteiger partial charge >= 0.3 is 6.16 Å². The molecule has 0 heterocycles. The van der Waals surface area contributed by atoms with Crippen LogP contribution in [-0.2, 0) is 9.57 Å². The zero-order chi connectivity index (χ0) is 5.70. The molecule has 0 aromatic heterocycles. The van der Waals surface area contributed by atoms with E-state index >= 15 is 0 Å². The summed E-state index contributed by atoms with van der Waals surface area (Å²) in [6.07, 6.45) is -0.734. The average molecular weight is 105 g/mol. The standard InChI is InChI=1S/C3H7NO3/c1-4-7-3(5)6-2/h4H,1-2H3. The van der Waals surface area contributed by atoms with Gasteiger partial charge < -0.3 is 9.57 Å². The molecule has 7 heavy (non-hydrogen) atoms. The molecule has 0 amide bonds. The first-order chi connectivity index (χ1) is 3.31. The summed E-state index contributed by atoms with van der Waals surface area (Å²) in [5.74, 6) is 0. The Kier molecular flexibility index (Phi) is 3.04. The molecule has 0 radical (unpaired) electrons. The Labute approximate surface area is 41.4 Å². The lowest BCUT2D eigenvalue weighted by atomic mass is 11.3. The number of carbonyl (C=O) groups excluding carboxylic acids is 1. The highest BCUT2D eigenvalue weighted by Gasteiger charge is 1.93. The molecule has 0 aliphatic carbocycles. The Bertz CT molecular complexity index is 63.2. The van der Waals surface area contributed by atoms with Crippen LogP contribution in [0.2, 0.25) is 0 Å². The van der Waals surface area contributed by atoms with Crippen LogP contribution in [0.15, 0.2) is 0 Å². The van der Waals surface area contributed by atoms with E-state index in [2.05, 4.69) is 15.1 Å². The van der Waals surface area contributed by atoms with E-state index in [1.54, 1.807) is 0 Å². The number of nitrogens with one attached hydrogen (secondary N) is 1. The van der Waals surface area contributed by atoms with Crippen molar-refractivity contribution >= 4 is 6.16 Å². The summed E-state index contributed by atoms with van der Waals surface area (Å²) in [6.45, 7) is 0. The number of hydrogen-bond donors (Lipinski definition) is 1. The van der Waals surface area contributed by atoms with Gasteiger partial charge in [0.15, 0.2) is 0 Å². The lowest BCUT2D eigenvalue weighted by molar-refractivity contribution is 0.0386. The minimum atomic E-state index is -0.734. The largest absolute Gasteiger partial charge is 0.527 e. The van der Waals surface area contributed by atoms with Crippen molar-refractivity contribution in [2.75, 3.05) is 14.2 Å². The number of carbonyl (C=O) groups is 1. The molecule has 0 aromatic carbocycles. The van der Waals surface area contributed by atoms with Gasteiger partial charge in [0.1, 0.15) is 0 Å². The fourth-order valence-electron chi connectivity index (χ4n) is 0.125. The molecular weight excluding hydrogens is 98.0 g/mol. The predicted molar refractivity (Wildman–Crippen MR) is 22.5 cm³/mol. The highest BCUT2D eigenvalue weighted by molar-refractivity contribution is 5.58. The van der Waals surface area contributed by atoms with Crippen molar-refractivity contribution in [1.82, 2.24) is 5.48 Å². The van der Waals surface area contributed by atoms with Crippen molar-refractivity contribution in [1.29, 1.82) is 0 Å². The van der Waals surface area contributed by atoms with E-state index in [9.17, 15) is 4.79 Å². The fraction of sp³-hybridized carbons (Fsp3) is 0.667. The fourth-order valence-corrected chi connectivity index (χ4v) is 0.125. The third-order valence-corrected chi connectivity index (χ3v) is 0.352. The Balaban J connectivity index is 3.00. The highest BCUT2D eigenvalue weighted by Crippen LogP contribution is 1.72. The van der Waals surface area contributed by atoms with E-state index in [1.807, 2.05) is 0 Å². The van der Waals surface area contributed by atoms with Crippen LogP contribution >= 0.6 is 0 Å². The molecule has 0 saturated carbocycles. The van der Waals surface area contributed by atoms with E-state index in [0.29, 0.717) is 0 Å². The van der Waals surface area contributed by atoms with Gasteiger partial charge in [-0.2, -0.15) is 5.48 Å². The van der Waals surface area contributed by atoms with Crippen molar-refractivity contribution in [3.05, 3.63) is 0 Å². The minimum absolute atomic E-state index is 0.734. The van der Waals surface area contributed by atoms with Gasteiger partial charge in [-0.25, -0.2) is 4.79 Å². The SMILES string of the molecule is CNOC(=O)OC. The molecule has 0 atom stereocenters. The van der Waals surface area contributed by atoms with E-state index in [-0.39, 0.29) is 0 Å². The Morgan fingerprint density at radius 3 is 2.43 bits per heavy atom. The van der Waals surface area contributed by atoms with Crippen molar-refractivity contribution in [3.63, 3.8) is 0 Å². The molecule has 0 fully saturated rings. The second-order valence-electron chi connectivity index (χ2n) is 0.760. The minimum Gasteiger partial charge on any atom is -0.436 e. The third kappa shape index (κ3) is 3.05. The first-order valence-corrected chi connectivity index (χ1v) is 1.72. The third-order valence-electron chi connectivity index (χ3n) is 0.352. The van der Waals surface area contributed by atoms with Crippen molar-refractivity contribution < 1.29 is 14.4 Å². The predicted octanol–water partition coefficient (Wildman–Crippen LogP) is -0.0962. The molecular formula is C3H7NO3. The first-order valence-electron chi connectivity index (χ1n) is 1.72. The van der Waals surface area contributed by atoms with Crippen LogP contribution < -0.4 is 5.48 Å². The lowest BCUT2D eigenvalue weighted by Gasteiger charge is -1.95. The summed E-state index contributed by atoms with van der Waals surface area (Å²) >= 11 is 0. The molecule has 0 aliphatic heterocycles. The molecule has 0 spiro atoms. The molecule has 4 nitrogen and oxygen atoms in total. The highest BCUT2D eigenvalue weighted by atomic mass is 16.8. The summed E-state index contributed by atoms with van der Waals surface area (Å²) in [5, 5.41) is 0. The summed E-state index contributed by atoms with van der Waals surface area (Å²) in [5.41, 5.74) is 2.14. The summed E-state index contributed by atoms with van der Waals surface area (Å²) in [4.78, 5) is 14.0. The van der Waals surface area contributed by atoms with Crippen LogP contribution in [0.25, 0.3) is 0 Å².